The van der Waals surface area contributed by atoms with E-state index in [2.05, 4.69) is 5.32 Å². The monoisotopic (exact) mass is 561 g/mol. The average molecular weight is 562 g/mol. The third kappa shape index (κ3) is 9.79. The molecule has 1 aromatic carbocycles. The SMILES string of the molecule is CC.CCc1c(NC(=O)COCCCl)c(C)c(C(=O)N(C)CC(O)CO)c(C)c1C(=O)N(C)CC(O)CO. The molecule has 0 spiro atoms. The van der Waals surface area contributed by atoms with Crippen LogP contribution in [0.1, 0.15) is 58.2 Å². The summed E-state index contributed by atoms with van der Waals surface area (Å²) in [6, 6.07) is 0. The highest BCUT2D eigenvalue weighted by Gasteiger charge is 2.30. The van der Waals surface area contributed by atoms with E-state index >= 15 is 0 Å². The molecule has 0 bridgehead atoms. The van der Waals surface area contributed by atoms with Gasteiger partial charge in [0.1, 0.15) is 6.61 Å². The lowest BCUT2D eigenvalue weighted by atomic mass is 9.87. The standard InChI is InChI=1S/C24H38ClN3O8.C2H6/c1-6-18-21(24(35)28(5)10-17(32)12-30)14(2)20(23(34)27(4)9-16(31)11-29)15(3)22(18)26-19(33)13-36-8-7-25;1-2/h16-17,29-32H,6-13H2,1-5H3,(H,26,33);1-2H3. The van der Waals surface area contributed by atoms with Crippen molar-refractivity contribution in [3.8, 4) is 0 Å². The highest BCUT2D eigenvalue weighted by Crippen LogP contribution is 2.34. The smallest absolute Gasteiger partial charge is 0.254 e. The zero-order valence-electron chi connectivity index (χ0n) is 23.5. The maximum Gasteiger partial charge on any atom is 0.254 e. The summed E-state index contributed by atoms with van der Waals surface area (Å²) in [5.74, 6) is -1.29. The van der Waals surface area contributed by atoms with Crippen LogP contribution >= 0.6 is 11.6 Å². The number of aliphatic hydroxyl groups excluding tert-OH is 4. The second-order valence-electron chi connectivity index (χ2n) is 8.54. The first-order valence-corrected chi connectivity index (χ1v) is 13.2. The molecule has 0 aliphatic heterocycles. The molecule has 5 N–H and O–H groups in total. The number of rotatable bonds is 14. The van der Waals surface area contributed by atoms with Crippen LogP contribution in [0.25, 0.3) is 0 Å². The van der Waals surface area contributed by atoms with Gasteiger partial charge in [-0.05, 0) is 37.0 Å². The third-order valence-corrected chi connectivity index (χ3v) is 5.84. The van der Waals surface area contributed by atoms with Crippen LogP contribution in [0.2, 0.25) is 0 Å². The summed E-state index contributed by atoms with van der Waals surface area (Å²) in [5, 5.41) is 40.8. The van der Waals surface area contributed by atoms with Crippen molar-refractivity contribution in [2.24, 2.45) is 0 Å². The minimum Gasteiger partial charge on any atom is -0.394 e. The van der Waals surface area contributed by atoms with E-state index in [1.165, 1.54) is 23.9 Å². The van der Waals surface area contributed by atoms with E-state index < -0.39 is 43.1 Å². The lowest BCUT2D eigenvalue weighted by Crippen LogP contribution is -2.39. The van der Waals surface area contributed by atoms with Crippen molar-refractivity contribution in [2.75, 3.05) is 64.8 Å². The predicted molar refractivity (Wildman–Crippen MR) is 147 cm³/mol. The quantitative estimate of drug-likeness (QED) is 0.166. The number of anilines is 1. The number of benzene rings is 1. The van der Waals surface area contributed by atoms with Gasteiger partial charge in [0, 0.05) is 49.9 Å². The summed E-state index contributed by atoms with van der Waals surface area (Å²) < 4.78 is 5.20. The summed E-state index contributed by atoms with van der Waals surface area (Å²) in [6.45, 7) is 7.61. The molecular formula is C26H44ClN3O8. The van der Waals surface area contributed by atoms with E-state index in [-0.39, 0.29) is 43.3 Å². The molecule has 0 saturated carbocycles. The minimum atomic E-state index is -1.15. The van der Waals surface area contributed by atoms with E-state index in [9.17, 15) is 34.8 Å². The summed E-state index contributed by atoms with van der Waals surface area (Å²) in [6.07, 6.45) is -1.97. The fourth-order valence-corrected chi connectivity index (χ4v) is 4.04. The molecule has 0 aliphatic rings. The number of likely N-dealkylation sites (N-methyl/N-ethyl adjacent to an activating group) is 2. The van der Waals surface area contributed by atoms with Crippen LogP contribution < -0.4 is 5.32 Å². The Kier molecular flexibility index (Phi) is 17.0. The molecule has 0 aliphatic carbocycles. The number of halogens is 1. The van der Waals surface area contributed by atoms with Crippen molar-refractivity contribution < 1.29 is 39.5 Å². The van der Waals surface area contributed by atoms with Crippen molar-refractivity contribution in [3.63, 3.8) is 0 Å². The number of nitrogens with zero attached hydrogens (tertiary/aromatic N) is 2. The van der Waals surface area contributed by atoms with Gasteiger partial charge in [-0.15, -0.1) is 11.6 Å². The van der Waals surface area contributed by atoms with E-state index in [0.29, 0.717) is 28.8 Å². The molecule has 0 heterocycles. The van der Waals surface area contributed by atoms with Gasteiger partial charge in [-0.1, -0.05) is 20.8 Å². The number of carbonyl (C=O) groups excluding carboxylic acids is 3. The van der Waals surface area contributed by atoms with Crippen LogP contribution in [0, 0.1) is 13.8 Å². The van der Waals surface area contributed by atoms with Crippen molar-refractivity contribution in [1.29, 1.82) is 0 Å². The van der Waals surface area contributed by atoms with Gasteiger partial charge in [0.15, 0.2) is 0 Å². The van der Waals surface area contributed by atoms with Crippen LogP contribution in [0.4, 0.5) is 5.69 Å². The van der Waals surface area contributed by atoms with Gasteiger partial charge >= 0.3 is 0 Å². The average Bonchev–Trinajstić information content (AvgIpc) is 2.90. The molecule has 2 unspecified atom stereocenters. The maximum absolute atomic E-state index is 13.5. The third-order valence-electron chi connectivity index (χ3n) is 5.69. The number of hydrogen-bond acceptors (Lipinski definition) is 8. The molecule has 0 fully saturated rings. The lowest BCUT2D eigenvalue weighted by molar-refractivity contribution is -0.120. The molecule has 11 nitrogen and oxygen atoms in total. The number of alkyl halides is 1. The Balaban J connectivity index is 0.00000667. The van der Waals surface area contributed by atoms with Crippen molar-refractivity contribution in [1.82, 2.24) is 9.80 Å². The molecule has 0 saturated heterocycles. The fourth-order valence-electron chi connectivity index (χ4n) is 3.93. The summed E-state index contributed by atoms with van der Waals surface area (Å²) >= 11 is 5.59. The van der Waals surface area contributed by atoms with Gasteiger partial charge in [0.25, 0.3) is 11.8 Å². The Hall–Kier alpha value is -2.28. The van der Waals surface area contributed by atoms with Gasteiger partial charge in [-0.3, -0.25) is 14.4 Å². The first kappa shape index (κ1) is 35.7. The Morgan fingerprint density at radius 1 is 0.921 bits per heavy atom. The van der Waals surface area contributed by atoms with Gasteiger partial charge in [0.05, 0.1) is 32.0 Å². The van der Waals surface area contributed by atoms with E-state index in [1.807, 2.05) is 13.8 Å². The molecule has 1 rings (SSSR count). The Morgan fingerprint density at radius 2 is 1.39 bits per heavy atom. The highest BCUT2D eigenvalue weighted by atomic mass is 35.5. The zero-order chi connectivity index (χ0) is 29.6. The van der Waals surface area contributed by atoms with Crippen molar-refractivity contribution in [2.45, 2.75) is 53.2 Å². The van der Waals surface area contributed by atoms with E-state index in [0.717, 1.165) is 0 Å². The van der Waals surface area contributed by atoms with Crippen LogP contribution in [0.15, 0.2) is 0 Å². The molecule has 0 aromatic heterocycles. The predicted octanol–water partition coefficient (Wildman–Crippen LogP) is 0.936. The second-order valence-corrected chi connectivity index (χ2v) is 8.92. The molecule has 218 valence electrons. The molecule has 12 heteroatoms. The molecule has 1 aromatic rings. The number of carbonyl (C=O) groups is 3. The number of nitrogens with one attached hydrogen (secondary N) is 1. The normalized spacial score (nSPS) is 12.2. The number of ether oxygens (including phenoxy) is 1. The van der Waals surface area contributed by atoms with Crippen molar-refractivity contribution >= 4 is 35.0 Å². The first-order valence-electron chi connectivity index (χ1n) is 12.6. The van der Waals surface area contributed by atoms with Crippen LogP contribution in [0.3, 0.4) is 0 Å². The Labute approximate surface area is 230 Å². The first-order chi connectivity index (χ1) is 17.9. The Bertz CT molecular complexity index is 928. The summed E-state index contributed by atoms with van der Waals surface area (Å²) in [7, 11) is 2.92. The number of amides is 3. The molecule has 38 heavy (non-hydrogen) atoms. The molecule has 0 radical (unpaired) electrons. The topological polar surface area (TPSA) is 160 Å². The fraction of sp³-hybridized carbons (Fsp3) is 0.654. The van der Waals surface area contributed by atoms with Gasteiger partial charge in [-0.25, -0.2) is 0 Å². The van der Waals surface area contributed by atoms with E-state index in [1.54, 1.807) is 20.8 Å². The lowest BCUT2D eigenvalue weighted by Gasteiger charge is -2.28. The van der Waals surface area contributed by atoms with Gasteiger partial charge < -0.3 is 40.3 Å². The van der Waals surface area contributed by atoms with E-state index in [4.69, 9.17) is 16.3 Å². The second kappa shape index (κ2) is 18.1. The molecule has 2 atom stereocenters. The van der Waals surface area contributed by atoms with Crippen LogP contribution in [-0.2, 0) is 16.0 Å². The van der Waals surface area contributed by atoms with Gasteiger partial charge in [0.2, 0.25) is 5.91 Å². The van der Waals surface area contributed by atoms with Crippen molar-refractivity contribution in [3.05, 3.63) is 27.8 Å². The summed E-state index contributed by atoms with van der Waals surface area (Å²) in [5.41, 5.74) is 1.94. The zero-order valence-corrected chi connectivity index (χ0v) is 24.3. The maximum atomic E-state index is 13.5. The molecular weight excluding hydrogens is 518 g/mol. The van der Waals surface area contributed by atoms with Crippen LogP contribution in [0.5, 0.6) is 0 Å². The number of hydrogen-bond donors (Lipinski definition) is 5. The van der Waals surface area contributed by atoms with Crippen LogP contribution in [-0.4, -0.2) is 120 Å². The molecule has 3 amide bonds. The number of aliphatic hydroxyl groups is 4. The summed E-state index contributed by atoms with van der Waals surface area (Å²) in [4.78, 5) is 42.0. The van der Waals surface area contributed by atoms with Gasteiger partial charge in [-0.2, -0.15) is 0 Å². The largest absolute Gasteiger partial charge is 0.394 e. The highest BCUT2D eigenvalue weighted by molar-refractivity contribution is 6.18. The Morgan fingerprint density at radius 3 is 1.82 bits per heavy atom. The minimum absolute atomic E-state index is 0.147.